The molecule has 2 atom stereocenters. The monoisotopic (exact) mass is 445 g/mol. The molecular weight excluding hydrogens is 402 g/mol. The molecule has 0 spiro atoms. The first-order valence-corrected chi connectivity index (χ1v) is 13.4. The van der Waals surface area contributed by atoms with Crippen LogP contribution in [-0.2, 0) is 6.42 Å². The molecular formula is C31H43NO. The molecule has 1 N–H and O–H groups in total. The van der Waals surface area contributed by atoms with Crippen molar-refractivity contribution >= 4 is 0 Å². The molecule has 1 fully saturated rings. The number of aliphatic hydroxyl groups excluding tert-OH is 1. The smallest absolute Gasteiger partial charge is 0.0689 e. The van der Waals surface area contributed by atoms with Crippen molar-refractivity contribution in [3.05, 3.63) is 59.7 Å². The van der Waals surface area contributed by atoms with E-state index in [1.807, 2.05) is 0 Å². The minimum atomic E-state index is -0.138. The van der Waals surface area contributed by atoms with E-state index in [0.29, 0.717) is 12.5 Å². The molecule has 33 heavy (non-hydrogen) atoms. The number of nitriles is 1. The molecule has 2 aromatic rings. The van der Waals surface area contributed by atoms with Gasteiger partial charge in [0, 0.05) is 6.61 Å². The van der Waals surface area contributed by atoms with Gasteiger partial charge in [-0.25, -0.2) is 0 Å². The molecule has 0 aromatic heterocycles. The Bertz CT molecular complexity index is 848. The Balaban J connectivity index is 1.55. The topological polar surface area (TPSA) is 44.0 Å². The molecule has 2 unspecified atom stereocenters. The highest BCUT2D eigenvalue weighted by Crippen LogP contribution is 2.46. The minimum absolute atomic E-state index is 0.138. The summed E-state index contributed by atoms with van der Waals surface area (Å²) in [5.41, 5.74) is 5.26. The fourth-order valence-electron chi connectivity index (χ4n) is 5.51. The van der Waals surface area contributed by atoms with Crippen LogP contribution in [0.4, 0.5) is 0 Å². The lowest BCUT2D eigenvalue weighted by atomic mass is 9.66. The second-order valence-corrected chi connectivity index (χ2v) is 10.2. The molecule has 2 heteroatoms. The summed E-state index contributed by atoms with van der Waals surface area (Å²) < 4.78 is 0. The van der Waals surface area contributed by atoms with Gasteiger partial charge in [-0.15, -0.1) is 0 Å². The van der Waals surface area contributed by atoms with Crippen LogP contribution in [0.15, 0.2) is 48.5 Å². The zero-order valence-electron chi connectivity index (χ0n) is 20.7. The van der Waals surface area contributed by atoms with E-state index in [4.69, 9.17) is 5.11 Å². The van der Waals surface area contributed by atoms with E-state index in [-0.39, 0.29) is 5.41 Å². The van der Waals surface area contributed by atoms with Gasteiger partial charge in [-0.1, -0.05) is 100 Å². The van der Waals surface area contributed by atoms with Crippen molar-refractivity contribution in [2.75, 3.05) is 6.61 Å². The molecule has 0 saturated heterocycles. The third-order valence-corrected chi connectivity index (χ3v) is 7.63. The van der Waals surface area contributed by atoms with Crippen LogP contribution in [-0.4, -0.2) is 11.7 Å². The summed E-state index contributed by atoms with van der Waals surface area (Å²) in [7, 11) is 0. The first-order valence-electron chi connectivity index (χ1n) is 13.4. The Morgan fingerprint density at radius 2 is 1.52 bits per heavy atom. The van der Waals surface area contributed by atoms with Gasteiger partial charge >= 0.3 is 0 Å². The lowest BCUT2D eigenvalue weighted by Crippen LogP contribution is -2.26. The largest absolute Gasteiger partial charge is 0.396 e. The third-order valence-electron chi connectivity index (χ3n) is 7.63. The average molecular weight is 446 g/mol. The van der Waals surface area contributed by atoms with Crippen LogP contribution in [0.3, 0.4) is 0 Å². The normalized spacial score (nSPS) is 20.5. The summed E-state index contributed by atoms with van der Waals surface area (Å²) >= 11 is 0. The molecule has 0 amide bonds. The number of hydrogen-bond acceptors (Lipinski definition) is 2. The Kier molecular flexibility index (Phi) is 10.5. The molecule has 0 radical (unpaired) electrons. The second kappa shape index (κ2) is 13.6. The van der Waals surface area contributed by atoms with Gasteiger partial charge in [-0.05, 0) is 73.1 Å². The van der Waals surface area contributed by atoms with E-state index >= 15 is 0 Å². The summed E-state index contributed by atoms with van der Waals surface area (Å²) in [6.07, 6.45) is 16.0. The van der Waals surface area contributed by atoms with Gasteiger partial charge in [0.1, 0.15) is 0 Å². The molecule has 0 aliphatic heterocycles. The minimum Gasteiger partial charge on any atom is -0.396 e. The summed E-state index contributed by atoms with van der Waals surface area (Å²) in [6.45, 7) is 2.55. The van der Waals surface area contributed by atoms with Crippen molar-refractivity contribution in [1.82, 2.24) is 0 Å². The number of hydrogen-bond donors (Lipinski definition) is 1. The highest BCUT2D eigenvalue weighted by Gasteiger charge is 2.36. The van der Waals surface area contributed by atoms with Gasteiger partial charge < -0.3 is 5.11 Å². The lowest BCUT2D eigenvalue weighted by Gasteiger charge is -2.36. The Morgan fingerprint density at radius 1 is 0.879 bits per heavy atom. The molecule has 0 bridgehead atoms. The number of aliphatic hydroxyl groups is 1. The third kappa shape index (κ3) is 7.72. The van der Waals surface area contributed by atoms with Crippen LogP contribution >= 0.6 is 0 Å². The van der Waals surface area contributed by atoms with Crippen LogP contribution in [0.1, 0.15) is 107 Å². The summed E-state index contributed by atoms with van der Waals surface area (Å²) in [6, 6.07) is 21.0. The van der Waals surface area contributed by atoms with Gasteiger partial charge in [0.05, 0.1) is 11.5 Å². The summed E-state index contributed by atoms with van der Waals surface area (Å²) in [5, 5.41) is 19.0. The van der Waals surface area contributed by atoms with Gasteiger partial charge in [-0.3, -0.25) is 0 Å². The second-order valence-electron chi connectivity index (χ2n) is 10.2. The van der Waals surface area contributed by atoms with Crippen molar-refractivity contribution in [2.45, 2.75) is 103 Å². The Labute approximate surface area is 202 Å². The molecule has 0 heterocycles. The Hall–Kier alpha value is -2.11. The maximum Gasteiger partial charge on any atom is 0.0689 e. The summed E-state index contributed by atoms with van der Waals surface area (Å²) in [4.78, 5) is 0. The van der Waals surface area contributed by atoms with E-state index in [1.165, 1.54) is 67.2 Å². The zero-order chi connectivity index (χ0) is 23.4. The van der Waals surface area contributed by atoms with Crippen molar-refractivity contribution in [2.24, 2.45) is 5.41 Å². The highest BCUT2D eigenvalue weighted by molar-refractivity contribution is 5.64. The van der Waals surface area contributed by atoms with Gasteiger partial charge in [-0.2, -0.15) is 5.26 Å². The van der Waals surface area contributed by atoms with Crippen molar-refractivity contribution in [3.63, 3.8) is 0 Å². The van der Waals surface area contributed by atoms with Crippen LogP contribution in [0.25, 0.3) is 11.1 Å². The number of rotatable bonds is 13. The van der Waals surface area contributed by atoms with E-state index in [0.717, 1.165) is 44.9 Å². The predicted octanol–water partition coefficient (Wildman–Crippen LogP) is 8.59. The van der Waals surface area contributed by atoms with Gasteiger partial charge in [0.15, 0.2) is 0 Å². The molecule has 1 aliphatic carbocycles. The molecule has 1 aliphatic rings. The molecule has 178 valence electrons. The molecule has 2 aromatic carbocycles. The molecule has 1 saturated carbocycles. The van der Waals surface area contributed by atoms with Crippen LogP contribution < -0.4 is 0 Å². The fraction of sp³-hybridized carbons (Fsp3) is 0.581. The van der Waals surface area contributed by atoms with E-state index in [1.54, 1.807) is 0 Å². The first-order chi connectivity index (χ1) is 16.2. The zero-order valence-corrected chi connectivity index (χ0v) is 20.7. The SMILES string of the molecule is CCCCc1ccc(-c2ccc(C3CCCC(C#N)(CCCCCCCCO)C3)cc2)cc1. The number of aryl methyl sites for hydroxylation is 1. The fourth-order valence-corrected chi connectivity index (χ4v) is 5.51. The molecule has 2 nitrogen and oxygen atoms in total. The Morgan fingerprint density at radius 3 is 2.15 bits per heavy atom. The van der Waals surface area contributed by atoms with Crippen LogP contribution in [0.2, 0.25) is 0 Å². The van der Waals surface area contributed by atoms with Crippen molar-refractivity contribution in [3.8, 4) is 17.2 Å². The number of unbranched alkanes of at least 4 members (excludes halogenated alkanes) is 6. The predicted molar refractivity (Wildman–Crippen MR) is 139 cm³/mol. The first kappa shape index (κ1) is 25.5. The quantitative estimate of drug-likeness (QED) is 0.314. The summed E-state index contributed by atoms with van der Waals surface area (Å²) in [5.74, 6) is 0.508. The maximum absolute atomic E-state index is 10.1. The van der Waals surface area contributed by atoms with Crippen LogP contribution in [0.5, 0.6) is 0 Å². The van der Waals surface area contributed by atoms with Crippen molar-refractivity contribution in [1.29, 1.82) is 5.26 Å². The lowest BCUT2D eigenvalue weighted by molar-refractivity contribution is 0.218. The maximum atomic E-state index is 10.1. The molecule has 3 rings (SSSR count). The van der Waals surface area contributed by atoms with Crippen LogP contribution in [0, 0.1) is 16.7 Å². The van der Waals surface area contributed by atoms with E-state index in [9.17, 15) is 5.26 Å². The average Bonchev–Trinajstić information content (AvgIpc) is 2.87. The standard InChI is InChI=1S/C31H43NO/c1-2-3-11-26-13-15-27(16-14-26)28-17-19-29(20-18-28)30-12-10-22-31(24-30,25-32)21-8-6-4-5-7-9-23-33/h13-20,30,33H,2-12,21-24H2,1H3. The van der Waals surface area contributed by atoms with E-state index in [2.05, 4.69) is 61.5 Å². The van der Waals surface area contributed by atoms with E-state index < -0.39 is 0 Å². The van der Waals surface area contributed by atoms with Gasteiger partial charge in [0.2, 0.25) is 0 Å². The number of nitrogens with zero attached hydrogens (tertiary/aromatic N) is 1. The number of benzene rings is 2. The van der Waals surface area contributed by atoms with Gasteiger partial charge in [0.25, 0.3) is 0 Å². The van der Waals surface area contributed by atoms with Crippen molar-refractivity contribution < 1.29 is 5.11 Å². The highest BCUT2D eigenvalue weighted by atomic mass is 16.2.